The number of ether oxygens (including phenoxy) is 1. The quantitative estimate of drug-likeness (QED) is 0.315. The summed E-state index contributed by atoms with van der Waals surface area (Å²) in [6, 6.07) is 6.45. The minimum atomic E-state index is -0.640. The number of carbonyl (C=O) groups excluding carboxylic acids is 3. The van der Waals surface area contributed by atoms with Crippen LogP contribution in [0.5, 0.6) is 5.75 Å². The molecule has 3 rings (SSSR count). The van der Waals surface area contributed by atoms with Crippen LogP contribution in [-0.2, 0) is 16.1 Å². The van der Waals surface area contributed by atoms with E-state index < -0.39 is 17.1 Å². The standard InChI is InChI=1S/C17H11I2NO6S/c1-25-16(23)12-3-2-10(26-12)7-20-15(22)13(27-17(20)24)5-8-4-9(18)6-11(19)14(8)21/h2-6,21H,7H2,1H3/b13-5+. The molecule has 1 aliphatic rings. The van der Waals surface area contributed by atoms with Gasteiger partial charge in [-0.05, 0) is 87.3 Å². The number of carbonyl (C=O) groups is 3. The number of methoxy groups -OCH3 is 1. The first-order valence-corrected chi connectivity index (χ1v) is 10.4. The van der Waals surface area contributed by atoms with Gasteiger partial charge in [0.05, 0.1) is 22.1 Å². The highest BCUT2D eigenvalue weighted by molar-refractivity contribution is 14.1. The van der Waals surface area contributed by atoms with Gasteiger partial charge in [-0.25, -0.2) is 4.79 Å². The average Bonchev–Trinajstić information content (AvgIpc) is 3.19. The highest BCUT2D eigenvalue weighted by Gasteiger charge is 2.36. The Morgan fingerprint density at radius 1 is 1.33 bits per heavy atom. The number of hydrogen-bond acceptors (Lipinski definition) is 7. The number of thioether (sulfide) groups is 1. The molecule has 1 N–H and O–H groups in total. The molecule has 0 radical (unpaired) electrons. The van der Waals surface area contributed by atoms with Crippen molar-refractivity contribution in [2.45, 2.75) is 6.54 Å². The van der Waals surface area contributed by atoms with Gasteiger partial charge in [0.2, 0.25) is 5.76 Å². The Bertz CT molecular complexity index is 984. The Labute approximate surface area is 185 Å². The van der Waals surface area contributed by atoms with Crippen molar-refractivity contribution >= 4 is 80.1 Å². The van der Waals surface area contributed by atoms with E-state index in [1.807, 2.05) is 22.6 Å². The van der Waals surface area contributed by atoms with E-state index in [1.165, 1.54) is 25.3 Å². The van der Waals surface area contributed by atoms with Crippen LogP contribution < -0.4 is 0 Å². The fraction of sp³-hybridized carbons (Fsp3) is 0.118. The average molecular weight is 611 g/mol. The second-order valence-corrected chi connectivity index (χ2v) is 8.75. The van der Waals surface area contributed by atoms with Crippen LogP contribution >= 0.6 is 56.9 Å². The third-order valence-electron chi connectivity index (χ3n) is 3.58. The summed E-state index contributed by atoms with van der Waals surface area (Å²) in [5, 5.41) is 9.72. The van der Waals surface area contributed by atoms with Gasteiger partial charge >= 0.3 is 5.97 Å². The Balaban J connectivity index is 1.83. The fourth-order valence-corrected chi connectivity index (χ4v) is 5.02. The van der Waals surface area contributed by atoms with Gasteiger partial charge in [0, 0.05) is 9.13 Å². The molecule has 0 spiro atoms. The minimum Gasteiger partial charge on any atom is -0.506 e. The zero-order chi connectivity index (χ0) is 19.7. The summed E-state index contributed by atoms with van der Waals surface area (Å²) in [6.45, 7) is -0.102. The van der Waals surface area contributed by atoms with Crippen molar-refractivity contribution in [1.29, 1.82) is 0 Å². The molecule has 1 aromatic carbocycles. The lowest BCUT2D eigenvalue weighted by Crippen LogP contribution is -2.27. The predicted molar refractivity (Wildman–Crippen MR) is 115 cm³/mol. The summed E-state index contributed by atoms with van der Waals surface area (Å²) < 4.78 is 11.4. The van der Waals surface area contributed by atoms with Crippen LogP contribution in [0.2, 0.25) is 0 Å². The third kappa shape index (κ3) is 4.32. The monoisotopic (exact) mass is 611 g/mol. The number of rotatable bonds is 4. The van der Waals surface area contributed by atoms with Gasteiger partial charge in [-0.2, -0.15) is 0 Å². The molecule has 10 heteroatoms. The summed E-state index contributed by atoms with van der Waals surface area (Å²) in [6.07, 6.45) is 1.49. The molecule has 0 atom stereocenters. The first kappa shape index (κ1) is 20.2. The first-order valence-electron chi connectivity index (χ1n) is 7.40. The molecule has 1 saturated heterocycles. The molecule has 1 fully saturated rings. The molecule has 0 saturated carbocycles. The van der Waals surface area contributed by atoms with E-state index in [-0.39, 0.29) is 28.7 Å². The molecule has 0 unspecified atom stereocenters. The predicted octanol–water partition coefficient (Wildman–Crippen LogP) is 4.22. The van der Waals surface area contributed by atoms with Crippen molar-refractivity contribution in [3.8, 4) is 5.75 Å². The highest BCUT2D eigenvalue weighted by atomic mass is 127. The van der Waals surface area contributed by atoms with E-state index in [2.05, 4.69) is 27.3 Å². The SMILES string of the molecule is COC(=O)c1ccc(CN2C(=O)S/C(=C/c3cc(I)cc(I)c3O)C2=O)o1. The van der Waals surface area contributed by atoms with Crippen LogP contribution in [0.25, 0.3) is 6.08 Å². The summed E-state index contributed by atoms with van der Waals surface area (Å²) >= 11 is 4.89. The van der Waals surface area contributed by atoms with E-state index in [0.717, 1.165) is 20.2 Å². The second-order valence-electron chi connectivity index (χ2n) is 5.35. The number of phenolic OH excluding ortho intramolecular Hbond substituents is 1. The van der Waals surface area contributed by atoms with Gasteiger partial charge in [0.1, 0.15) is 11.5 Å². The summed E-state index contributed by atoms with van der Waals surface area (Å²) in [5.74, 6) is -0.802. The van der Waals surface area contributed by atoms with E-state index in [4.69, 9.17) is 4.42 Å². The molecule has 27 heavy (non-hydrogen) atoms. The van der Waals surface area contributed by atoms with E-state index >= 15 is 0 Å². The third-order valence-corrected chi connectivity index (χ3v) is 5.93. The van der Waals surface area contributed by atoms with Crippen molar-refractivity contribution in [1.82, 2.24) is 4.90 Å². The smallest absolute Gasteiger partial charge is 0.373 e. The molecule has 1 aliphatic heterocycles. The molecule has 140 valence electrons. The molecule has 7 nitrogen and oxygen atoms in total. The number of amides is 2. The topological polar surface area (TPSA) is 97.0 Å². The molecule has 2 heterocycles. The van der Waals surface area contributed by atoms with Crippen molar-refractivity contribution < 1.29 is 28.6 Å². The number of phenols is 1. The molecule has 2 aromatic rings. The number of aromatic hydroxyl groups is 1. The molecular formula is C17H11I2NO6S. The van der Waals surface area contributed by atoms with Gasteiger partial charge in [-0.1, -0.05) is 0 Å². The number of nitrogens with zero attached hydrogens (tertiary/aromatic N) is 1. The maximum atomic E-state index is 12.6. The Hall–Kier alpha value is -1.54. The maximum Gasteiger partial charge on any atom is 0.373 e. The van der Waals surface area contributed by atoms with Crippen molar-refractivity contribution in [2.24, 2.45) is 0 Å². The van der Waals surface area contributed by atoms with Gasteiger partial charge in [-0.15, -0.1) is 0 Å². The van der Waals surface area contributed by atoms with Crippen molar-refractivity contribution in [3.63, 3.8) is 0 Å². The molecular weight excluding hydrogens is 600 g/mol. The van der Waals surface area contributed by atoms with E-state index in [1.54, 1.807) is 12.1 Å². The van der Waals surface area contributed by atoms with Gasteiger partial charge < -0.3 is 14.3 Å². The summed E-state index contributed by atoms with van der Waals surface area (Å²) in [5.41, 5.74) is 0.461. The van der Waals surface area contributed by atoms with Crippen molar-refractivity contribution in [2.75, 3.05) is 7.11 Å². The number of esters is 1. The zero-order valence-corrected chi connectivity index (χ0v) is 18.8. The zero-order valence-electron chi connectivity index (χ0n) is 13.7. The summed E-state index contributed by atoms with van der Waals surface area (Å²) in [7, 11) is 1.23. The van der Waals surface area contributed by atoms with Gasteiger partial charge in [0.15, 0.2) is 0 Å². The molecule has 1 aromatic heterocycles. The van der Waals surface area contributed by atoms with Crippen LogP contribution in [0, 0.1) is 7.14 Å². The van der Waals surface area contributed by atoms with Crippen LogP contribution in [-0.4, -0.2) is 34.2 Å². The lowest BCUT2D eigenvalue weighted by molar-refractivity contribution is -0.123. The Kier molecular flexibility index (Phi) is 6.15. The van der Waals surface area contributed by atoms with E-state index in [0.29, 0.717) is 9.13 Å². The van der Waals surface area contributed by atoms with Crippen LogP contribution in [0.3, 0.4) is 0 Å². The van der Waals surface area contributed by atoms with E-state index in [9.17, 15) is 19.5 Å². The van der Waals surface area contributed by atoms with Gasteiger partial charge in [0.25, 0.3) is 11.1 Å². The molecule has 2 amide bonds. The Morgan fingerprint density at radius 3 is 2.78 bits per heavy atom. The van der Waals surface area contributed by atoms with Gasteiger partial charge in [-0.3, -0.25) is 14.5 Å². The summed E-state index contributed by atoms with van der Waals surface area (Å²) in [4.78, 5) is 37.5. The van der Waals surface area contributed by atoms with Crippen LogP contribution in [0.1, 0.15) is 21.9 Å². The minimum absolute atomic E-state index is 0.00614. The molecule has 0 bridgehead atoms. The maximum absolute atomic E-state index is 12.6. The number of imide groups is 1. The number of hydrogen-bond donors (Lipinski definition) is 1. The number of halogens is 2. The lowest BCUT2D eigenvalue weighted by atomic mass is 10.2. The first-order chi connectivity index (χ1) is 12.8. The number of benzene rings is 1. The lowest BCUT2D eigenvalue weighted by Gasteiger charge is -2.10. The number of furan rings is 1. The molecule has 0 aliphatic carbocycles. The normalized spacial score (nSPS) is 15.7. The van der Waals surface area contributed by atoms with Crippen LogP contribution in [0.15, 0.2) is 33.6 Å². The Morgan fingerprint density at radius 2 is 2.07 bits per heavy atom. The second kappa shape index (κ2) is 8.22. The van der Waals surface area contributed by atoms with Crippen molar-refractivity contribution in [3.05, 3.63) is 53.4 Å². The highest BCUT2D eigenvalue weighted by Crippen LogP contribution is 2.36. The fourth-order valence-electron chi connectivity index (χ4n) is 2.30. The van der Waals surface area contributed by atoms with Crippen LogP contribution in [0.4, 0.5) is 4.79 Å². The largest absolute Gasteiger partial charge is 0.506 e.